The largest absolute Gasteiger partial charge is 0.436 e. The van der Waals surface area contributed by atoms with Gasteiger partial charge in [0.15, 0.2) is 5.69 Å². The fraction of sp³-hybridized carbons (Fsp3) is 0.600. The van der Waals surface area contributed by atoms with Crippen molar-refractivity contribution in [2.75, 3.05) is 18.5 Å². The van der Waals surface area contributed by atoms with Crippen LogP contribution in [0, 0.1) is 17.8 Å². The smallest absolute Gasteiger partial charge is 0.381 e. The molecule has 1 aliphatic heterocycles. The Morgan fingerprint density at radius 2 is 2.06 bits per heavy atom. The summed E-state index contributed by atoms with van der Waals surface area (Å²) in [6.45, 7) is 1.07. The van der Waals surface area contributed by atoms with Crippen LogP contribution in [-0.4, -0.2) is 24.3 Å². The number of nitrogens with one attached hydrogen (secondary N) is 1. The van der Waals surface area contributed by atoms with Gasteiger partial charge >= 0.3 is 6.18 Å². The molecule has 1 unspecified atom stereocenters. The predicted molar refractivity (Wildman–Crippen MR) is 51.4 cm³/mol. The van der Waals surface area contributed by atoms with Crippen LogP contribution in [0.4, 0.5) is 19.1 Å². The van der Waals surface area contributed by atoms with E-state index in [0.717, 1.165) is 0 Å². The molecule has 2 fully saturated rings. The van der Waals surface area contributed by atoms with Gasteiger partial charge in [-0.1, -0.05) is 5.16 Å². The Balaban J connectivity index is 1.63. The van der Waals surface area contributed by atoms with Gasteiger partial charge in [-0.05, 0) is 11.8 Å². The minimum atomic E-state index is -4.57. The lowest BCUT2D eigenvalue weighted by atomic mass is 10.3. The zero-order chi connectivity index (χ0) is 12.9. The highest BCUT2D eigenvalue weighted by atomic mass is 19.4. The summed E-state index contributed by atoms with van der Waals surface area (Å²) in [7, 11) is 0. The van der Waals surface area contributed by atoms with Gasteiger partial charge in [0.1, 0.15) is 0 Å². The number of carbonyl (C=O) groups is 1. The first-order valence-corrected chi connectivity index (χ1v) is 5.39. The molecule has 0 spiro atoms. The molecule has 18 heavy (non-hydrogen) atoms. The summed E-state index contributed by atoms with van der Waals surface area (Å²) in [6, 6.07) is 0.673. The second kappa shape index (κ2) is 3.71. The second-order valence-electron chi connectivity index (χ2n) is 4.45. The maximum Gasteiger partial charge on any atom is 0.436 e. The van der Waals surface area contributed by atoms with Crippen LogP contribution < -0.4 is 5.32 Å². The van der Waals surface area contributed by atoms with Gasteiger partial charge in [0.2, 0.25) is 11.8 Å². The fourth-order valence-electron chi connectivity index (χ4n) is 2.30. The summed E-state index contributed by atoms with van der Waals surface area (Å²) in [5, 5.41) is 5.15. The van der Waals surface area contributed by atoms with Gasteiger partial charge in [-0.2, -0.15) is 13.2 Å². The van der Waals surface area contributed by atoms with E-state index in [4.69, 9.17) is 4.74 Å². The van der Waals surface area contributed by atoms with Crippen molar-refractivity contribution in [3.63, 3.8) is 0 Å². The van der Waals surface area contributed by atoms with Gasteiger partial charge < -0.3 is 9.26 Å². The lowest BCUT2D eigenvalue weighted by Gasteiger charge is -2.03. The summed E-state index contributed by atoms with van der Waals surface area (Å²) in [6.07, 6.45) is -4.57. The molecule has 3 atom stereocenters. The van der Waals surface area contributed by atoms with E-state index in [1.807, 2.05) is 0 Å². The molecule has 5 nitrogen and oxygen atoms in total. The Kier molecular flexibility index (Phi) is 2.37. The molecule has 1 saturated carbocycles. The monoisotopic (exact) mass is 262 g/mol. The van der Waals surface area contributed by atoms with E-state index in [1.165, 1.54) is 0 Å². The van der Waals surface area contributed by atoms with Crippen LogP contribution in [-0.2, 0) is 15.7 Å². The number of ether oxygens (including phenoxy) is 1. The molecule has 0 aromatic carbocycles. The molecule has 3 rings (SSSR count). The van der Waals surface area contributed by atoms with Gasteiger partial charge in [0, 0.05) is 12.0 Å². The highest BCUT2D eigenvalue weighted by Crippen LogP contribution is 2.51. The van der Waals surface area contributed by atoms with Crippen molar-refractivity contribution >= 4 is 11.8 Å². The molecule has 2 aliphatic rings. The van der Waals surface area contributed by atoms with Gasteiger partial charge in [0.25, 0.3) is 0 Å². The zero-order valence-electron chi connectivity index (χ0n) is 9.03. The standard InChI is InChI=1S/C10H9F3N2O3/c11-10(12,13)6-1-7(18-15-6)14-9(16)8-4-2-17-3-5(4)8/h1,4-5,8H,2-3H2,(H,14,16)/t4-,5+,8?. The number of carbonyl (C=O) groups excluding carboxylic acids is 1. The van der Waals surface area contributed by atoms with Crippen molar-refractivity contribution in [2.45, 2.75) is 6.18 Å². The first kappa shape index (κ1) is 11.5. The van der Waals surface area contributed by atoms with Crippen LogP contribution in [0.25, 0.3) is 0 Å². The zero-order valence-corrected chi connectivity index (χ0v) is 9.03. The lowest BCUT2D eigenvalue weighted by molar-refractivity contribution is -0.142. The number of amides is 1. The van der Waals surface area contributed by atoms with Crippen molar-refractivity contribution in [3.8, 4) is 0 Å². The Morgan fingerprint density at radius 3 is 2.61 bits per heavy atom. The highest BCUT2D eigenvalue weighted by molar-refractivity contribution is 5.93. The Morgan fingerprint density at radius 1 is 1.39 bits per heavy atom. The van der Waals surface area contributed by atoms with Crippen LogP contribution in [0.3, 0.4) is 0 Å². The molecule has 1 aromatic heterocycles. The Bertz CT molecular complexity index is 475. The van der Waals surface area contributed by atoms with E-state index in [-0.39, 0.29) is 29.5 Å². The van der Waals surface area contributed by atoms with E-state index < -0.39 is 11.9 Å². The molecule has 0 bridgehead atoms. The summed E-state index contributed by atoms with van der Waals surface area (Å²) >= 11 is 0. The Labute approximate surface area is 99.3 Å². The molecular weight excluding hydrogens is 253 g/mol. The van der Waals surface area contributed by atoms with E-state index in [1.54, 1.807) is 0 Å². The molecule has 8 heteroatoms. The number of hydrogen-bond acceptors (Lipinski definition) is 4. The molecule has 1 amide bonds. The molecule has 1 N–H and O–H groups in total. The lowest BCUT2D eigenvalue weighted by Crippen LogP contribution is -2.18. The summed E-state index contributed by atoms with van der Waals surface area (Å²) in [5.41, 5.74) is -1.16. The van der Waals surface area contributed by atoms with E-state index in [9.17, 15) is 18.0 Å². The minimum Gasteiger partial charge on any atom is -0.381 e. The van der Waals surface area contributed by atoms with Crippen molar-refractivity contribution in [1.29, 1.82) is 0 Å². The second-order valence-corrected chi connectivity index (χ2v) is 4.45. The Hall–Kier alpha value is -1.57. The number of alkyl halides is 3. The van der Waals surface area contributed by atoms with Crippen LogP contribution in [0.5, 0.6) is 0 Å². The molecule has 1 saturated heterocycles. The molecule has 1 aliphatic carbocycles. The molecular formula is C10H9F3N2O3. The van der Waals surface area contributed by atoms with Crippen LogP contribution in [0.2, 0.25) is 0 Å². The third-order valence-corrected chi connectivity index (χ3v) is 3.30. The molecule has 2 heterocycles. The molecule has 1 aromatic rings. The maximum atomic E-state index is 12.2. The van der Waals surface area contributed by atoms with Crippen molar-refractivity contribution in [2.24, 2.45) is 17.8 Å². The first-order valence-electron chi connectivity index (χ1n) is 5.39. The number of nitrogens with zero attached hydrogens (tertiary/aromatic N) is 1. The first-order chi connectivity index (χ1) is 8.47. The molecule has 0 radical (unpaired) electrons. The average Bonchev–Trinajstić information content (AvgIpc) is 2.71. The number of hydrogen-bond donors (Lipinski definition) is 1. The predicted octanol–water partition coefficient (Wildman–Crippen LogP) is 1.52. The number of fused-ring (bicyclic) bond motifs is 1. The summed E-state index contributed by atoms with van der Waals surface area (Å²) in [5.74, 6) is -0.417. The quantitative estimate of drug-likeness (QED) is 0.877. The third kappa shape index (κ3) is 1.86. The van der Waals surface area contributed by atoms with E-state index >= 15 is 0 Å². The van der Waals surface area contributed by atoms with Crippen molar-refractivity contribution in [1.82, 2.24) is 5.16 Å². The van der Waals surface area contributed by atoms with Gasteiger partial charge in [0.05, 0.1) is 13.2 Å². The number of halogens is 3. The minimum absolute atomic E-state index is 0.182. The third-order valence-electron chi connectivity index (χ3n) is 3.30. The van der Waals surface area contributed by atoms with E-state index in [2.05, 4.69) is 15.0 Å². The van der Waals surface area contributed by atoms with E-state index in [0.29, 0.717) is 19.3 Å². The molecule has 98 valence electrons. The topological polar surface area (TPSA) is 64.4 Å². The number of aromatic nitrogens is 1. The normalized spacial score (nSPS) is 30.1. The van der Waals surface area contributed by atoms with Crippen LogP contribution in [0.1, 0.15) is 5.69 Å². The van der Waals surface area contributed by atoms with Gasteiger partial charge in [-0.15, -0.1) is 0 Å². The van der Waals surface area contributed by atoms with Gasteiger partial charge in [-0.3, -0.25) is 10.1 Å². The number of anilines is 1. The maximum absolute atomic E-state index is 12.2. The van der Waals surface area contributed by atoms with Crippen molar-refractivity contribution in [3.05, 3.63) is 11.8 Å². The summed E-state index contributed by atoms with van der Waals surface area (Å²) in [4.78, 5) is 11.7. The van der Waals surface area contributed by atoms with Gasteiger partial charge in [-0.25, -0.2) is 0 Å². The highest BCUT2D eigenvalue weighted by Gasteiger charge is 2.58. The van der Waals surface area contributed by atoms with Crippen molar-refractivity contribution < 1.29 is 27.2 Å². The fourth-order valence-corrected chi connectivity index (χ4v) is 2.30. The van der Waals surface area contributed by atoms with Crippen LogP contribution in [0.15, 0.2) is 10.6 Å². The SMILES string of the molecule is O=C(Nc1cc(C(F)(F)F)no1)C1[C@H]2COC[C@@H]12. The number of rotatable bonds is 2. The summed E-state index contributed by atoms with van der Waals surface area (Å²) < 4.78 is 46.3. The average molecular weight is 262 g/mol. The van der Waals surface area contributed by atoms with Crippen LogP contribution >= 0.6 is 0 Å².